The number of rotatable bonds is 10. The van der Waals surface area contributed by atoms with E-state index in [4.69, 9.17) is 21.4 Å². The number of aromatic nitrogens is 3. The van der Waals surface area contributed by atoms with Crippen molar-refractivity contribution in [2.45, 2.75) is 38.8 Å². The maximum Gasteiger partial charge on any atom is 0.221 e. The van der Waals surface area contributed by atoms with Gasteiger partial charge in [0.2, 0.25) is 5.91 Å². The fourth-order valence-corrected chi connectivity index (χ4v) is 4.29. The molecule has 170 valence electrons. The molecule has 3 heterocycles. The van der Waals surface area contributed by atoms with Gasteiger partial charge in [0.25, 0.3) is 0 Å². The van der Waals surface area contributed by atoms with Crippen molar-refractivity contribution in [3.05, 3.63) is 53.2 Å². The SMILES string of the molecule is CCOc1ccc(-c2n[nH]c(=S)n2CCC(=O)NCC(c2ccco2)N2CCCC2)cc1. The van der Waals surface area contributed by atoms with E-state index < -0.39 is 0 Å². The number of carbonyl (C=O) groups is 1. The Kier molecular flexibility index (Phi) is 7.39. The molecule has 32 heavy (non-hydrogen) atoms. The van der Waals surface area contributed by atoms with E-state index in [0.717, 1.165) is 30.2 Å². The van der Waals surface area contributed by atoms with Gasteiger partial charge in [0.05, 0.1) is 18.9 Å². The molecule has 2 aromatic heterocycles. The number of nitrogens with one attached hydrogen (secondary N) is 2. The zero-order valence-corrected chi connectivity index (χ0v) is 19.1. The lowest BCUT2D eigenvalue weighted by Crippen LogP contribution is -2.36. The maximum atomic E-state index is 12.6. The van der Waals surface area contributed by atoms with Gasteiger partial charge in [-0.25, -0.2) is 0 Å². The summed E-state index contributed by atoms with van der Waals surface area (Å²) in [5, 5.41) is 10.3. The first-order chi connectivity index (χ1) is 15.7. The summed E-state index contributed by atoms with van der Waals surface area (Å²) < 4.78 is 13.5. The van der Waals surface area contributed by atoms with Gasteiger partial charge in [-0.1, -0.05) is 0 Å². The third kappa shape index (κ3) is 5.28. The van der Waals surface area contributed by atoms with Gasteiger partial charge in [0.15, 0.2) is 10.6 Å². The van der Waals surface area contributed by atoms with Gasteiger partial charge in [-0.3, -0.25) is 19.4 Å². The first-order valence-corrected chi connectivity index (χ1v) is 11.5. The second-order valence-electron chi connectivity index (χ2n) is 7.79. The van der Waals surface area contributed by atoms with Crippen molar-refractivity contribution in [2.24, 2.45) is 0 Å². The zero-order valence-electron chi connectivity index (χ0n) is 18.3. The minimum atomic E-state index is -0.0264. The van der Waals surface area contributed by atoms with Crippen LogP contribution in [0.25, 0.3) is 11.4 Å². The van der Waals surface area contributed by atoms with E-state index in [1.807, 2.05) is 47.9 Å². The smallest absolute Gasteiger partial charge is 0.221 e. The summed E-state index contributed by atoms with van der Waals surface area (Å²) in [6.45, 7) is 5.58. The summed E-state index contributed by atoms with van der Waals surface area (Å²) in [6, 6.07) is 11.6. The van der Waals surface area contributed by atoms with Gasteiger partial charge in [0, 0.05) is 25.1 Å². The molecule has 4 rings (SSSR count). The third-order valence-corrected chi connectivity index (χ3v) is 6.00. The average molecular weight is 456 g/mol. The molecular weight excluding hydrogens is 426 g/mol. The minimum Gasteiger partial charge on any atom is -0.494 e. The highest BCUT2D eigenvalue weighted by Crippen LogP contribution is 2.25. The van der Waals surface area contributed by atoms with Crippen LogP contribution >= 0.6 is 12.2 Å². The summed E-state index contributed by atoms with van der Waals surface area (Å²) in [7, 11) is 0. The lowest BCUT2D eigenvalue weighted by molar-refractivity contribution is -0.121. The van der Waals surface area contributed by atoms with Crippen LogP contribution in [0, 0.1) is 4.77 Å². The van der Waals surface area contributed by atoms with Crippen molar-refractivity contribution >= 4 is 18.1 Å². The number of hydrogen-bond donors (Lipinski definition) is 2. The fourth-order valence-electron chi connectivity index (χ4n) is 4.07. The number of hydrogen-bond acceptors (Lipinski definition) is 6. The molecular formula is C23H29N5O3S. The largest absolute Gasteiger partial charge is 0.494 e. The number of likely N-dealkylation sites (tertiary alicyclic amines) is 1. The van der Waals surface area contributed by atoms with Crippen LogP contribution < -0.4 is 10.1 Å². The Labute approximate surface area is 192 Å². The average Bonchev–Trinajstić information content (AvgIpc) is 3.57. The first kappa shape index (κ1) is 22.3. The lowest BCUT2D eigenvalue weighted by Gasteiger charge is -2.26. The molecule has 9 heteroatoms. The molecule has 0 radical (unpaired) electrons. The number of benzene rings is 1. The van der Waals surface area contributed by atoms with Crippen molar-refractivity contribution in [3.63, 3.8) is 0 Å². The molecule has 1 aliphatic rings. The number of H-pyrrole nitrogens is 1. The fraction of sp³-hybridized carbons (Fsp3) is 0.435. The molecule has 1 amide bonds. The third-order valence-electron chi connectivity index (χ3n) is 5.69. The summed E-state index contributed by atoms with van der Waals surface area (Å²) in [4.78, 5) is 15.0. The van der Waals surface area contributed by atoms with Crippen molar-refractivity contribution in [1.29, 1.82) is 0 Å². The number of carbonyl (C=O) groups excluding carboxylic acids is 1. The number of furan rings is 1. The van der Waals surface area contributed by atoms with Crippen LogP contribution in [0.2, 0.25) is 0 Å². The van der Waals surface area contributed by atoms with Gasteiger partial charge in [-0.2, -0.15) is 5.10 Å². The number of amides is 1. The Bertz CT molecular complexity index is 1050. The molecule has 3 aromatic rings. The molecule has 0 bridgehead atoms. The molecule has 1 aliphatic heterocycles. The van der Waals surface area contributed by atoms with Crippen LogP contribution in [0.4, 0.5) is 0 Å². The van der Waals surface area contributed by atoms with Crippen LogP contribution in [0.1, 0.15) is 38.0 Å². The lowest BCUT2D eigenvalue weighted by atomic mass is 10.2. The Hall–Kier alpha value is -2.91. The molecule has 0 saturated carbocycles. The second kappa shape index (κ2) is 10.6. The highest BCUT2D eigenvalue weighted by atomic mass is 32.1. The summed E-state index contributed by atoms with van der Waals surface area (Å²) in [5.41, 5.74) is 0.910. The summed E-state index contributed by atoms with van der Waals surface area (Å²) in [6.07, 6.45) is 4.35. The van der Waals surface area contributed by atoms with Gasteiger partial charge >= 0.3 is 0 Å². The second-order valence-corrected chi connectivity index (χ2v) is 8.18. The van der Waals surface area contributed by atoms with Crippen LogP contribution in [-0.4, -0.2) is 51.8 Å². The predicted octanol–water partition coefficient (Wildman–Crippen LogP) is 3.94. The van der Waals surface area contributed by atoms with Crippen LogP contribution in [0.5, 0.6) is 5.75 Å². The summed E-state index contributed by atoms with van der Waals surface area (Å²) >= 11 is 5.39. The standard InChI is InChI=1S/C23H29N5O3S/c1-2-30-18-9-7-17(8-10-18)22-25-26-23(32)28(22)14-11-21(29)24-16-19(20-6-5-15-31-20)27-12-3-4-13-27/h5-10,15,19H,2-4,11-14,16H2,1H3,(H,24,29)(H,26,32). The molecule has 1 saturated heterocycles. The number of nitrogens with zero attached hydrogens (tertiary/aromatic N) is 3. The van der Waals surface area contributed by atoms with Gasteiger partial charge in [-0.05, 0) is 81.5 Å². The minimum absolute atomic E-state index is 0.0264. The van der Waals surface area contributed by atoms with E-state index in [-0.39, 0.29) is 11.9 Å². The maximum absolute atomic E-state index is 12.6. The van der Waals surface area contributed by atoms with E-state index in [1.54, 1.807) is 6.26 Å². The Balaban J connectivity index is 1.37. The van der Waals surface area contributed by atoms with Gasteiger partial charge in [-0.15, -0.1) is 0 Å². The van der Waals surface area contributed by atoms with E-state index >= 15 is 0 Å². The molecule has 0 aliphatic carbocycles. The quantitative estimate of drug-likeness (QED) is 0.450. The first-order valence-electron chi connectivity index (χ1n) is 11.1. The van der Waals surface area contributed by atoms with Crippen LogP contribution in [0.15, 0.2) is 47.1 Å². The molecule has 0 spiro atoms. The van der Waals surface area contributed by atoms with Crippen molar-refractivity contribution in [2.75, 3.05) is 26.2 Å². The molecule has 1 fully saturated rings. The molecule has 2 N–H and O–H groups in total. The Morgan fingerprint density at radius 2 is 2.06 bits per heavy atom. The van der Waals surface area contributed by atoms with Crippen molar-refractivity contribution in [3.8, 4) is 17.1 Å². The van der Waals surface area contributed by atoms with Crippen LogP contribution in [0.3, 0.4) is 0 Å². The van der Waals surface area contributed by atoms with Crippen molar-refractivity contribution < 1.29 is 13.9 Å². The summed E-state index contributed by atoms with van der Waals surface area (Å²) in [5.74, 6) is 2.38. The predicted molar refractivity (Wildman–Crippen MR) is 124 cm³/mol. The Morgan fingerprint density at radius 1 is 1.28 bits per heavy atom. The highest BCUT2D eigenvalue weighted by molar-refractivity contribution is 7.71. The topological polar surface area (TPSA) is 88.3 Å². The molecule has 1 unspecified atom stereocenters. The van der Waals surface area contributed by atoms with Gasteiger partial charge in [0.1, 0.15) is 11.5 Å². The monoisotopic (exact) mass is 455 g/mol. The van der Waals surface area contributed by atoms with Crippen molar-refractivity contribution in [1.82, 2.24) is 25.0 Å². The number of ether oxygens (including phenoxy) is 1. The highest BCUT2D eigenvalue weighted by Gasteiger charge is 2.26. The van der Waals surface area contributed by atoms with E-state index in [9.17, 15) is 4.79 Å². The zero-order chi connectivity index (χ0) is 22.3. The number of aromatic amines is 1. The normalized spacial score (nSPS) is 15.0. The molecule has 1 atom stereocenters. The Morgan fingerprint density at radius 3 is 2.75 bits per heavy atom. The molecule has 8 nitrogen and oxygen atoms in total. The van der Waals surface area contributed by atoms with E-state index in [2.05, 4.69) is 20.4 Å². The van der Waals surface area contributed by atoms with Crippen LogP contribution in [-0.2, 0) is 11.3 Å². The van der Waals surface area contributed by atoms with Gasteiger partial charge < -0.3 is 14.5 Å². The molecule has 1 aromatic carbocycles. The van der Waals surface area contributed by atoms with E-state index in [1.165, 1.54) is 12.8 Å². The van der Waals surface area contributed by atoms with E-state index in [0.29, 0.717) is 36.7 Å².